The normalized spacial score (nSPS) is 29.7. The summed E-state index contributed by atoms with van der Waals surface area (Å²) >= 11 is 5.29. The lowest BCUT2D eigenvalue weighted by Crippen LogP contribution is -2.46. The van der Waals surface area contributed by atoms with E-state index in [9.17, 15) is 0 Å². The van der Waals surface area contributed by atoms with Crippen LogP contribution in [-0.4, -0.2) is 30.1 Å². The van der Waals surface area contributed by atoms with E-state index in [2.05, 4.69) is 26.1 Å². The molecule has 0 bridgehead atoms. The molecule has 0 aromatic carbocycles. The standard InChI is InChI=1S/C12H24N2S/c1-9-6-10(8-12(2,3)7-9)13-11(15)14(4)5/h9-10H,6-8H2,1-5H3,(H,13,15)/t9-,10-/m0/s1. The largest absolute Gasteiger partial charge is 0.360 e. The van der Waals surface area contributed by atoms with E-state index < -0.39 is 0 Å². The minimum Gasteiger partial charge on any atom is -0.360 e. The third-order valence-corrected chi connectivity index (χ3v) is 3.60. The van der Waals surface area contributed by atoms with Crippen LogP contribution in [0.3, 0.4) is 0 Å². The molecule has 0 aromatic heterocycles. The predicted octanol–water partition coefficient (Wildman–Crippen LogP) is 2.64. The monoisotopic (exact) mass is 228 g/mol. The average molecular weight is 228 g/mol. The van der Waals surface area contributed by atoms with Crippen molar-refractivity contribution in [3.8, 4) is 0 Å². The van der Waals surface area contributed by atoms with Crippen molar-refractivity contribution in [1.29, 1.82) is 0 Å². The first-order valence-electron chi connectivity index (χ1n) is 5.78. The SMILES string of the molecule is C[C@H]1C[C@H](NC(=S)N(C)C)CC(C)(C)C1. The van der Waals surface area contributed by atoms with E-state index >= 15 is 0 Å². The molecule has 1 fully saturated rings. The van der Waals surface area contributed by atoms with Crippen LogP contribution in [-0.2, 0) is 0 Å². The number of hydrogen-bond donors (Lipinski definition) is 1. The Kier molecular flexibility index (Phi) is 3.99. The van der Waals surface area contributed by atoms with Crippen LogP contribution in [0.25, 0.3) is 0 Å². The molecule has 2 nitrogen and oxygen atoms in total. The zero-order valence-corrected chi connectivity index (χ0v) is 11.4. The van der Waals surface area contributed by atoms with Crippen LogP contribution < -0.4 is 5.32 Å². The first-order chi connectivity index (χ1) is 6.80. The highest BCUT2D eigenvalue weighted by Gasteiger charge is 2.32. The molecule has 2 atom stereocenters. The Morgan fingerprint density at radius 1 is 1.33 bits per heavy atom. The van der Waals surface area contributed by atoms with Gasteiger partial charge in [0.2, 0.25) is 0 Å². The van der Waals surface area contributed by atoms with E-state index in [4.69, 9.17) is 12.2 Å². The van der Waals surface area contributed by atoms with Crippen molar-refractivity contribution in [2.75, 3.05) is 14.1 Å². The molecule has 0 heterocycles. The Hall–Kier alpha value is -0.310. The minimum atomic E-state index is 0.456. The molecule has 0 aliphatic heterocycles. The van der Waals surface area contributed by atoms with Crippen LogP contribution >= 0.6 is 12.2 Å². The van der Waals surface area contributed by atoms with Gasteiger partial charge in [-0.05, 0) is 42.8 Å². The second-order valence-corrected chi connectivity index (χ2v) is 6.34. The third-order valence-electron chi connectivity index (χ3n) is 3.12. The van der Waals surface area contributed by atoms with Gasteiger partial charge in [-0.25, -0.2) is 0 Å². The maximum Gasteiger partial charge on any atom is 0.168 e. The van der Waals surface area contributed by atoms with Crippen LogP contribution in [0.5, 0.6) is 0 Å². The second kappa shape index (κ2) is 4.69. The molecule has 0 unspecified atom stereocenters. The highest BCUT2D eigenvalue weighted by atomic mass is 32.1. The summed E-state index contributed by atoms with van der Waals surface area (Å²) in [5.74, 6) is 0.802. The van der Waals surface area contributed by atoms with Gasteiger partial charge in [0.05, 0.1) is 0 Å². The second-order valence-electron chi connectivity index (χ2n) is 5.95. The third kappa shape index (κ3) is 3.98. The maximum atomic E-state index is 5.29. The van der Waals surface area contributed by atoms with E-state index in [1.807, 2.05) is 19.0 Å². The fourth-order valence-corrected chi connectivity index (χ4v) is 2.93. The van der Waals surface area contributed by atoms with E-state index in [1.54, 1.807) is 0 Å². The molecular formula is C12H24N2S. The summed E-state index contributed by atoms with van der Waals surface area (Å²) in [6.45, 7) is 7.06. The van der Waals surface area contributed by atoms with Gasteiger partial charge in [0.15, 0.2) is 5.11 Å². The number of nitrogens with zero attached hydrogens (tertiary/aromatic N) is 1. The summed E-state index contributed by atoms with van der Waals surface area (Å²) in [6.07, 6.45) is 3.81. The van der Waals surface area contributed by atoms with Gasteiger partial charge in [0.1, 0.15) is 0 Å². The molecular weight excluding hydrogens is 204 g/mol. The Bertz CT molecular complexity index is 236. The van der Waals surface area contributed by atoms with Gasteiger partial charge in [-0.1, -0.05) is 20.8 Å². The predicted molar refractivity (Wildman–Crippen MR) is 70.0 cm³/mol. The number of nitrogens with one attached hydrogen (secondary N) is 1. The van der Waals surface area contributed by atoms with Gasteiger partial charge >= 0.3 is 0 Å². The molecule has 0 aromatic rings. The summed E-state index contributed by atoms with van der Waals surface area (Å²) in [6, 6.07) is 0.554. The molecule has 1 saturated carbocycles. The van der Waals surface area contributed by atoms with Crippen LogP contribution in [0.15, 0.2) is 0 Å². The number of hydrogen-bond acceptors (Lipinski definition) is 1. The fraction of sp³-hybridized carbons (Fsp3) is 0.917. The van der Waals surface area contributed by atoms with Gasteiger partial charge in [0, 0.05) is 20.1 Å². The summed E-state index contributed by atoms with van der Waals surface area (Å²) in [4.78, 5) is 1.97. The Morgan fingerprint density at radius 3 is 2.40 bits per heavy atom. The van der Waals surface area contributed by atoms with Crippen LogP contribution in [0, 0.1) is 11.3 Å². The smallest absolute Gasteiger partial charge is 0.168 e. The molecule has 1 aliphatic rings. The van der Waals surface area contributed by atoms with Crippen molar-refractivity contribution in [3.05, 3.63) is 0 Å². The lowest BCUT2D eigenvalue weighted by Gasteiger charge is -2.40. The molecule has 1 aliphatic carbocycles. The van der Waals surface area contributed by atoms with Gasteiger partial charge in [-0.2, -0.15) is 0 Å². The highest BCUT2D eigenvalue weighted by molar-refractivity contribution is 7.80. The molecule has 0 radical (unpaired) electrons. The molecule has 0 amide bonds. The van der Waals surface area contributed by atoms with E-state index in [0.29, 0.717) is 11.5 Å². The van der Waals surface area contributed by atoms with Crippen molar-refractivity contribution in [3.63, 3.8) is 0 Å². The summed E-state index contributed by atoms with van der Waals surface area (Å²) in [5, 5.41) is 4.33. The van der Waals surface area contributed by atoms with Gasteiger partial charge in [-0.3, -0.25) is 0 Å². The number of thiocarbonyl (C=S) groups is 1. The van der Waals surface area contributed by atoms with Gasteiger partial charge < -0.3 is 10.2 Å². The lowest BCUT2D eigenvalue weighted by molar-refractivity contribution is 0.160. The molecule has 3 heteroatoms. The molecule has 0 saturated heterocycles. The average Bonchev–Trinajstić information content (AvgIpc) is 1.99. The Labute approximate surface area is 99.4 Å². The van der Waals surface area contributed by atoms with Crippen molar-refractivity contribution in [2.45, 2.75) is 46.1 Å². The number of rotatable bonds is 1. The first kappa shape index (κ1) is 12.8. The summed E-state index contributed by atoms with van der Waals surface area (Å²) in [7, 11) is 3.99. The first-order valence-corrected chi connectivity index (χ1v) is 6.19. The lowest BCUT2D eigenvalue weighted by atomic mass is 9.71. The zero-order valence-electron chi connectivity index (χ0n) is 10.6. The van der Waals surface area contributed by atoms with Crippen LogP contribution in [0.2, 0.25) is 0 Å². The Morgan fingerprint density at radius 2 is 1.93 bits per heavy atom. The highest BCUT2D eigenvalue weighted by Crippen LogP contribution is 2.38. The van der Waals surface area contributed by atoms with Crippen molar-refractivity contribution >= 4 is 17.3 Å². The maximum absolute atomic E-state index is 5.29. The van der Waals surface area contributed by atoms with E-state index in [1.165, 1.54) is 19.3 Å². The molecule has 88 valence electrons. The van der Waals surface area contributed by atoms with Crippen molar-refractivity contribution in [1.82, 2.24) is 10.2 Å². The van der Waals surface area contributed by atoms with Crippen LogP contribution in [0.1, 0.15) is 40.0 Å². The molecule has 1 rings (SSSR count). The minimum absolute atomic E-state index is 0.456. The quantitative estimate of drug-likeness (QED) is 0.695. The molecule has 15 heavy (non-hydrogen) atoms. The van der Waals surface area contributed by atoms with Crippen molar-refractivity contribution < 1.29 is 0 Å². The molecule has 1 N–H and O–H groups in total. The fourth-order valence-electron chi connectivity index (χ4n) is 2.76. The van der Waals surface area contributed by atoms with E-state index in [-0.39, 0.29) is 0 Å². The summed E-state index contributed by atoms with van der Waals surface area (Å²) < 4.78 is 0. The van der Waals surface area contributed by atoms with E-state index in [0.717, 1.165) is 11.0 Å². The van der Waals surface area contributed by atoms with Gasteiger partial charge in [-0.15, -0.1) is 0 Å². The van der Waals surface area contributed by atoms with Crippen molar-refractivity contribution in [2.24, 2.45) is 11.3 Å². The topological polar surface area (TPSA) is 15.3 Å². The Balaban J connectivity index is 2.52. The van der Waals surface area contributed by atoms with Gasteiger partial charge in [0.25, 0.3) is 0 Å². The molecule has 0 spiro atoms. The summed E-state index contributed by atoms with van der Waals surface area (Å²) in [5.41, 5.74) is 0.456. The van der Waals surface area contributed by atoms with Crippen LogP contribution in [0.4, 0.5) is 0 Å². The zero-order chi connectivity index (χ0) is 11.6.